The first-order valence-electron chi connectivity index (χ1n) is 8.98. The lowest BCUT2D eigenvalue weighted by molar-refractivity contribution is -0.140. The number of nitrogens with zero attached hydrogens (tertiary/aromatic N) is 1. The molecular formula is C20H33NO3Si. The third-order valence-corrected chi connectivity index (χ3v) is 10.4. The largest absolute Gasteiger partial charge is 0.497 e. The average molecular weight is 364 g/mol. The van der Waals surface area contributed by atoms with E-state index in [-0.39, 0.29) is 23.1 Å². The highest BCUT2D eigenvalue weighted by molar-refractivity contribution is 6.74. The summed E-state index contributed by atoms with van der Waals surface area (Å²) in [7, 11) is -0.257. The zero-order valence-electron chi connectivity index (χ0n) is 17.1. The Morgan fingerprint density at radius 2 is 1.68 bits per heavy atom. The number of β-lactam (4-membered cyclic amide) rings is 1. The third kappa shape index (κ3) is 3.49. The van der Waals surface area contributed by atoms with Crippen LogP contribution in [0.3, 0.4) is 0 Å². The second-order valence-electron chi connectivity index (χ2n) is 9.12. The van der Waals surface area contributed by atoms with Crippen LogP contribution < -0.4 is 9.64 Å². The third-order valence-electron chi connectivity index (χ3n) is 5.87. The molecule has 1 fully saturated rings. The Bertz CT molecular complexity index is 631. The number of hydrogen-bond donors (Lipinski definition) is 0. The molecule has 5 heteroatoms. The normalized spacial score (nSPS) is 21.7. The molecule has 0 radical (unpaired) electrons. The van der Waals surface area contributed by atoms with Gasteiger partial charge in [0.1, 0.15) is 5.75 Å². The van der Waals surface area contributed by atoms with Crippen LogP contribution in [0.15, 0.2) is 24.3 Å². The number of amides is 1. The molecule has 25 heavy (non-hydrogen) atoms. The molecule has 1 aromatic rings. The molecule has 1 amide bonds. The van der Waals surface area contributed by atoms with Crippen molar-refractivity contribution in [2.24, 2.45) is 5.41 Å². The second kappa shape index (κ2) is 6.43. The quantitative estimate of drug-likeness (QED) is 0.554. The highest BCUT2D eigenvalue weighted by Gasteiger charge is 2.58. The van der Waals surface area contributed by atoms with Gasteiger partial charge in [-0.2, -0.15) is 0 Å². The van der Waals surface area contributed by atoms with Gasteiger partial charge in [0.25, 0.3) is 0 Å². The zero-order chi connectivity index (χ0) is 19.2. The first kappa shape index (κ1) is 20.0. The van der Waals surface area contributed by atoms with Crippen molar-refractivity contribution in [3.63, 3.8) is 0 Å². The number of benzene rings is 1. The predicted octanol–water partition coefficient (Wildman–Crippen LogP) is 4.85. The maximum absolute atomic E-state index is 12.8. The summed E-state index contributed by atoms with van der Waals surface area (Å²) in [6, 6.07) is 7.70. The summed E-state index contributed by atoms with van der Waals surface area (Å²) < 4.78 is 11.8. The van der Waals surface area contributed by atoms with Gasteiger partial charge in [0.2, 0.25) is 5.91 Å². The number of carbonyl (C=O) groups is 1. The van der Waals surface area contributed by atoms with Crippen molar-refractivity contribution >= 4 is 19.9 Å². The van der Waals surface area contributed by atoms with Crippen LogP contribution in [0.4, 0.5) is 5.69 Å². The van der Waals surface area contributed by atoms with Crippen LogP contribution >= 0.6 is 0 Å². The van der Waals surface area contributed by atoms with Crippen molar-refractivity contribution in [1.29, 1.82) is 0 Å². The summed E-state index contributed by atoms with van der Waals surface area (Å²) in [5.74, 6) is 0.937. The lowest BCUT2D eigenvalue weighted by Crippen LogP contribution is -2.71. The molecule has 0 spiro atoms. The monoisotopic (exact) mass is 363 g/mol. The van der Waals surface area contributed by atoms with Gasteiger partial charge in [-0.25, -0.2) is 0 Å². The average Bonchev–Trinajstić information content (AvgIpc) is 2.50. The molecule has 0 saturated carbocycles. The summed E-state index contributed by atoms with van der Waals surface area (Å²) in [6.07, 6.45) is -0.0179. The van der Waals surface area contributed by atoms with Gasteiger partial charge in [-0.1, -0.05) is 20.8 Å². The Morgan fingerprint density at radius 1 is 1.16 bits per heavy atom. The molecule has 2 atom stereocenters. The van der Waals surface area contributed by atoms with Crippen molar-refractivity contribution in [2.75, 3.05) is 12.0 Å². The Labute approximate surface area is 153 Å². The molecule has 4 nitrogen and oxygen atoms in total. The minimum atomic E-state index is -1.90. The summed E-state index contributed by atoms with van der Waals surface area (Å²) in [5, 5.41) is 0.143. The van der Waals surface area contributed by atoms with Crippen LogP contribution in [0, 0.1) is 5.41 Å². The van der Waals surface area contributed by atoms with Gasteiger partial charge in [0.05, 0.1) is 24.7 Å². The molecule has 1 saturated heterocycles. The van der Waals surface area contributed by atoms with E-state index in [0.29, 0.717) is 0 Å². The fraction of sp³-hybridized carbons (Fsp3) is 0.650. The lowest BCUT2D eigenvalue weighted by atomic mass is 9.71. The highest BCUT2D eigenvalue weighted by atomic mass is 28.4. The van der Waals surface area contributed by atoms with E-state index in [1.807, 2.05) is 43.0 Å². The maximum atomic E-state index is 12.8. The summed E-state index contributed by atoms with van der Waals surface area (Å²) in [4.78, 5) is 14.7. The maximum Gasteiger partial charge on any atom is 0.235 e. The minimum absolute atomic E-state index is 0.0179. The second-order valence-corrected chi connectivity index (χ2v) is 13.9. The van der Waals surface area contributed by atoms with Crippen molar-refractivity contribution in [1.82, 2.24) is 0 Å². The number of methoxy groups -OCH3 is 1. The number of carbonyl (C=O) groups excluding carboxylic acids is 1. The molecule has 0 aromatic heterocycles. The van der Waals surface area contributed by atoms with Gasteiger partial charge in [-0.05, 0) is 63.2 Å². The molecule has 0 N–H and O–H groups in total. The van der Waals surface area contributed by atoms with Crippen molar-refractivity contribution < 1.29 is 14.0 Å². The molecular weight excluding hydrogens is 330 g/mol. The number of hydrogen-bond acceptors (Lipinski definition) is 3. The van der Waals surface area contributed by atoms with E-state index >= 15 is 0 Å². The Balaban J connectivity index is 2.27. The van der Waals surface area contributed by atoms with Gasteiger partial charge in [0, 0.05) is 5.69 Å². The van der Waals surface area contributed by atoms with Gasteiger partial charge in [-0.15, -0.1) is 0 Å². The topological polar surface area (TPSA) is 38.8 Å². The zero-order valence-corrected chi connectivity index (χ0v) is 18.1. The summed E-state index contributed by atoms with van der Waals surface area (Å²) >= 11 is 0. The fourth-order valence-corrected chi connectivity index (χ4v) is 4.76. The van der Waals surface area contributed by atoms with E-state index in [0.717, 1.165) is 11.4 Å². The Morgan fingerprint density at radius 3 is 2.12 bits per heavy atom. The molecule has 1 aliphatic rings. The van der Waals surface area contributed by atoms with Crippen molar-refractivity contribution in [2.45, 2.75) is 71.8 Å². The highest BCUT2D eigenvalue weighted by Crippen LogP contribution is 2.46. The standard InChI is InChI=1S/C20H33NO3Si/c1-14(24-25(8,9)19(2,3)4)17-20(5,6)18(22)21(17)15-10-12-16(23-7)13-11-15/h10-14,17H,1-9H3/t14-,17-/m0/s1. The van der Waals surface area contributed by atoms with Crippen LogP contribution in [0.1, 0.15) is 41.5 Å². The molecule has 1 heterocycles. The molecule has 0 aliphatic carbocycles. The molecule has 1 aromatic carbocycles. The van der Waals surface area contributed by atoms with Crippen LogP contribution in [-0.4, -0.2) is 33.5 Å². The van der Waals surface area contributed by atoms with E-state index in [1.54, 1.807) is 7.11 Å². The lowest BCUT2D eigenvalue weighted by Gasteiger charge is -2.56. The van der Waals surface area contributed by atoms with Crippen molar-refractivity contribution in [3.05, 3.63) is 24.3 Å². The smallest absolute Gasteiger partial charge is 0.235 e. The summed E-state index contributed by atoms with van der Waals surface area (Å²) in [6.45, 7) is 17.4. The van der Waals surface area contributed by atoms with E-state index in [4.69, 9.17) is 9.16 Å². The fourth-order valence-electron chi connectivity index (χ4n) is 3.34. The van der Waals surface area contributed by atoms with Gasteiger partial charge in [-0.3, -0.25) is 4.79 Å². The molecule has 0 unspecified atom stereocenters. The van der Waals surface area contributed by atoms with Crippen LogP contribution in [0.5, 0.6) is 5.75 Å². The van der Waals surface area contributed by atoms with Crippen LogP contribution in [0.25, 0.3) is 0 Å². The Hall–Kier alpha value is -1.33. The first-order valence-corrected chi connectivity index (χ1v) is 11.9. The van der Waals surface area contributed by atoms with E-state index in [2.05, 4.69) is 40.8 Å². The van der Waals surface area contributed by atoms with Gasteiger partial charge in [0.15, 0.2) is 8.32 Å². The number of anilines is 1. The van der Waals surface area contributed by atoms with Crippen molar-refractivity contribution in [3.8, 4) is 5.75 Å². The van der Waals surface area contributed by atoms with E-state index in [9.17, 15) is 4.79 Å². The molecule has 140 valence electrons. The van der Waals surface area contributed by atoms with Gasteiger partial charge < -0.3 is 14.1 Å². The van der Waals surface area contributed by atoms with Crippen LogP contribution in [0.2, 0.25) is 18.1 Å². The first-order chi connectivity index (χ1) is 11.3. The Kier molecular flexibility index (Phi) is 5.14. The molecule has 1 aliphatic heterocycles. The number of ether oxygens (including phenoxy) is 1. The molecule has 2 rings (SSSR count). The minimum Gasteiger partial charge on any atom is -0.497 e. The van der Waals surface area contributed by atoms with E-state index in [1.165, 1.54) is 0 Å². The SMILES string of the molecule is COc1ccc(N2C(=O)C(C)(C)[C@@H]2[C@H](C)O[Si](C)(C)C(C)(C)C)cc1. The van der Waals surface area contributed by atoms with Crippen LogP contribution in [-0.2, 0) is 9.22 Å². The predicted molar refractivity (Wildman–Crippen MR) is 106 cm³/mol. The number of rotatable bonds is 5. The summed E-state index contributed by atoms with van der Waals surface area (Å²) in [5.41, 5.74) is 0.489. The van der Waals surface area contributed by atoms with E-state index < -0.39 is 13.7 Å². The van der Waals surface area contributed by atoms with Gasteiger partial charge >= 0.3 is 0 Å². The molecule has 0 bridgehead atoms.